The first-order valence-electron chi connectivity index (χ1n) is 5.79. The molecule has 21 heavy (non-hydrogen) atoms. The highest BCUT2D eigenvalue weighted by Crippen LogP contribution is 2.35. The summed E-state index contributed by atoms with van der Waals surface area (Å²) in [4.78, 5) is 22.8. The summed E-state index contributed by atoms with van der Waals surface area (Å²) < 4.78 is 5.38. The van der Waals surface area contributed by atoms with Crippen molar-refractivity contribution in [2.24, 2.45) is 0 Å². The van der Waals surface area contributed by atoms with E-state index in [9.17, 15) is 9.59 Å². The fourth-order valence-electron chi connectivity index (χ4n) is 1.43. The summed E-state index contributed by atoms with van der Waals surface area (Å²) in [7, 11) is 1.45. The highest BCUT2D eigenvalue weighted by molar-refractivity contribution is 9.10. The summed E-state index contributed by atoms with van der Waals surface area (Å²) in [5.74, 6) is -1.15. The third-order valence-electron chi connectivity index (χ3n) is 2.50. The molecular weight excluding hydrogens is 387 g/mol. The molecule has 1 aromatic carbocycles. The van der Waals surface area contributed by atoms with Crippen molar-refractivity contribution in [1.82, 2.24) is 5.32 Å². The highest BCUT2D eigenvalue weighted by Gasteiger charge is 2.20. The smallest absolute Gasteiger partial charge is 0.326 e. The van der Waals surface area contributed by atoms with Crippen LogP contribution < -0.4 is 10.6 Å². The van der Waals surface area contributed by atoms with Gasteiger partial charge < -0.3 is 20.5 Å². The summed E-state index contributed by atoms with van der Waals surface area (Å²) in [6.07, 6.45) is 0.147. The van der Waals surface area contributed by atoms with Gasteiger partial charge in [0.2, 0.25) is 0 Å². The van der Waals surface area contributed by atoms with E-state index in [1.165, 1.54) is 7.11 Å². The van der Waals surface area contributed by atoms with Gasteiger partial charge in [-0.05, 0) is 28.1 Å². The molecule has 1 atom stereocenters. The van der Waals surface area contributed by atoms with E-state index in [4.69, 9.17) is 33.0 Å². The lowest BCUT2D eigenvalue weighted by Crippen LogP contribution is -2.43. The lowest BCUT2D eigenvalue weighted by Gasteiger charge is -2.15. The molecule has 1 aromatic rings. The van der Waals surface area contributed by atoms with Crippen LogP contribution in [-0.4, -0.2) is 36.9 Å². The molecule has 0 aliphatic heterocycles. The first-order valence-corrected chi connectivity index (χ1v) is 7.34. The largest absolute Gasteiger partial charge is 0.480 e. The van der Waals surface area contributed by atoms with E-state index in [0.717, 1.165) is 0 Å². The molecule has 0 aliphatic rings. The first-order chi connectivity index (χ1) is 9.86. The summed E-state index contributed by atoms with van der Waals surface area (Å²) in [6, 6.07) is 1.40. The first kappa shape index (κ1) is 18.0. The Morgan fingerprint density at radius 2 is 2.05 bits per heavy atom. The molecule has 0 fully saturated rings. The molecule has 0 spiro atoms. The van der Waals surface area contributed by atoms with Crippen LogP contribution in [0, 0.1) is 0 Å². The van der Waals surface area contributed by atoms with Crippen molar-refractivity contribution in [1.29, 1.82) is 0 Å². The number of nitrogens with one attached hydrogen (secondary N) is 2. The fourth-order valence-corrected chi connectivity index (χ4v) is 2.25. The number of hydrogen-bond acceptors (Lipinski definition) is 3. The summed E-state index contributed by atoms with van der Waals surface area (Å²) >= 11 is 15.1. The second-order valence-corrected chi connectivity index (χ2v) is 5.60. The molecule has 0 radical (unpaired) electrons. The monoisotopic (exact) mass is 398 g/mol. The number of halogens is 3. The lowest BCUT2D eigenvalue weighted by molar-refractivity contribution is -0.139. The number of aliphatic carboxylic acids is 1. The van der Waals surface area contributed by atoms with Gasteiger partial charge >= 0.3 is 12.0 Å². The van der Waals surface area contributed by atoms with Crippen LogP contribution in [0.5, 0.6) is 0 Å². The van der Waals surface area contributed by atoms with Gasteiger partial charge in [-0.3, -0.25) is 0 Å². The molecule has 0 bridgehead atoms. The average molecular weight is 400 g/mol. The van der Waals surface area contributed by atoms with Crippen molar-refractivity contribution in [2.45, 2.75) is 12.5 Å². The Labute approximate surface area is 139 Å². The van der Waals surface area contributed by atoms with Crippen LogP contribution in [-0.2, 0) is 9.53 Å². The Hall–Kier alpha value is -1.02. The highest BCUT2D eigenvalue weighted by atomic mass is 79.9. The summed E-state index contributed by atoms with van der Waals surface area (Å²) in [5, 5.41) is 14.2. The Kier molecular flexibility index (Phi) is 7.24. The van der Waals surface area contributed by atoms with Crippen LogP contribution in [0.3, 0.4) is 0 Å². The number of ether oxygens (including phenoxy) is 1. The minimum absolute atomic E-state index is 0.147. The van der Waals surface area contributed by atoms with Gasteiger partial charge in [-0.1, -0.05) is 23.2 Å². The fraction of sp³-hybridized carbons (Fsp3) is 0.333. The van der Waals surface area contributed by atoms with Crippen molar-refractivity contribution >= 4 is 56.8 Å². The number of rotatable bonds is 6. The van der Waals surface area contributed by atoms with E-state index < -0.39 is 18.0 Å². The Morgan fingerprint density at radius 3 is 2.62 bits per heavy atom. The predicted molar refractivity (Wildman–Crippen MR) is 84.2 cm³/mol. The SMILES string of the molecule is COCCC(NC(=O)Nc1ccc(Br)c(Cl)c1Cl)C(=O)O. The standard InChI is InChI=1S/C12H13BrCl2N2O4/c1-21-5-4-8(11(18)19)17-12(20)16-7-3-2-6(13)9(14)10(7)15/h2-3,8H,4-5H2,1H3,(H,18,19)(H2,16,17,20). The number of methoxy groups -OCH3 is 1. The van der Waals surface area contributed by atoms with Crippen molar-refractivity contribution in [3.63, 3.8) is 0 Å². The maximum Gasteiger partial charge on any atom is 0.326 e. The van der Waals surface area contributed by atoms with E-state index in [-0.39, 0.29) is 28.8 Å². The number of anilines is 1. The van der Waals surface area contributed by atoms with Gasteiger partial charge in [0.25, 0.3) is 0 Å². The molecular formula is C12H13BrCl2N2O4. The number of carbonyl (C=O) groups excluding carboxylic acids is 1. The van der Waals surface area contributed by atoms with E-state index in [1.54, 1.807) is 12.1 Å². The molecule has 9 heteroatoms. The Morgan fingerprint density at radius 1 is 1.38 bits per heavy atom. The molecule has 6 nitrogen and oxygen atoms in total. The average Bonchev–Trinajstić information content (AvgIpc) is 2.43. The molecule has 1 unspecified atom stereocenters. The van der Waals surface area contributed by atoms with Crippen LogP contribution in [0.25, 0.3) is 0 Å². The van der Waals surface area contributed by atoms with Gasteiger partial charge in [0.1, 0.15) is 6.04 Å². The van der Waals surface area contributed by atoms with E-state index in [2.05, 4.69) is 26.6 Å². The van der Waals surface area contributed by atoms with Crippen molar-refractivity contribution in [3.8, 4) is 0 Å². The lowest BCUT2D eigenvalue weighted by atomic mass is 10.2. The molecule has 3 N–H and O–H groups in total. The molecule has 0 aromatic heterocycles. The van der Waals surface area contributed by atoms with Gasteiger partial charge in [0, 0.05) is 24.6 Å². The number of hydrogen-bond donors (Lipinski definition) is 3. The van der Waals surface area contributed by atoms with Crippen LogP contribution >= 0.6 is 39.1 Å². The molecule has 1 rings (SSSR count). The van der Waals surface area contributed by atoms with E-state index in [0.29, 0.717) is 4.47 Å². The number of carbonyl (C=O) groups is 2. The summed E-state index contributed by atoms with van der Waals surface area (Å²) in [5.41, 5.74) is 0.276. The normalized spacial score (nSPS) is 11.8. The van der Waals surface area contributed by atoms with E-state index >= 15 is 0 Å². The van der Waals surface area contributed by atoms with Crippen molar-refractivity contribution < 1.29 is 19.4 Å². The van der Waals surface area contributed by atoms with Gasteiger partial charge in [-0.2, -0.15) is 0 Å². The molecule has 116 valence electrons. The third kappa shape index (κ3) is 5.35. The van der Waals surface area contributed by atoms with Crippen LogP contribution in [0.1, 0.15) is 6.42 Å². The molecule has 0 saturated heterocycles. The number of benzene rings is 1. The third-order valence-corrected chi connectivity index (χ3v) is 4.27. The van der Waals surface area contributed by atoms with Crippen molar-refractivity contribution in [2.75, 3.05) is 19.0 Å². The zero-order valence-electron chi connectivity index (χ0n) is 11.0. The quantitative estimate of drug-likeness (QED) is 0.640. The minimum atomic E-state index is -1.15. The predicted octanol–water partition coefficient (Wildman–Crippen LogP) is 3.37. The van der Waals surface area contributed by atoms with Gasteiger partial charge in [0.15, 0.2) is 0 Å². The van der Waals surface area contributed by atoms with Crippen LogP contribution in [0.4, 0.5) is 10.5 Å². The van der Waals surface area contributed by atoms with Gasteiger partial charge in [-0.15, -0.1) is 0 Å². The van der Waals surface area contributed by atoms with Gasteiger partial charge in [0.05, 0.1) is 15.7 Å². The number of urea groups is 1. The summed E-state index contributed by atoms with van der Waals surface area (Å²) in [6.45, 7) is 0.210. The maximum absolute atomic E-state index is 11.8. The number of carboxylic acids is 1. The second-order valence-electron chi connectivity index (χ2n) is 3.99. The molecule has 0 aliphatic carbocycles. The zero-order chi connectivity index (χ0) is 16.0. The van der Waals surface area contributed by atoms with Crippen molar-refractivity contribution in [3.05, 3.63) is 26.7 Å². The maximum atomic E-state index is 11.8. The molecule has 0 saturated carbocycles. The number of carboxylic acid groups (broad SMARTS) is 1. The second kappa shape index (κ2) is 8.43. The number of amides is 2. The zero-order valence-corrected chi connectivity index (χ0v) is 14.0. The van der Waals surface area contributed by atoms with Gasteiger partial charge in [-0.25, -0.2) is 9.59 Å². The Bertz CT molecular complexity index is 542. The Balaban J connectivity index is 2.72. The molecule has 0 heterocycles. The van der Waals surface area contributed by atoms with Crippen LogP contribution in [0.2, 0.25) is 10.0 Å². The topological polar surface area (TPSA) is 87.7 Å². The molecule has 2 amide bonds. The minimum Gasteiger partial charge on any atom is -0.480 e. The van der Waals surface area contributed by atoms with E-state index in [1.807, 2.05) is 0 Å². The van der Waals surface area contributed by atoms with Crippen LogP contribution in [0.15, 0.2) is 16.6 Å².